The van der Waals surface area contributed by atoms with Gasteiger partial charge in [0.25, 0.3) is 0 Å². The van der Waals surface area contributed by atoms with E-state index in [-0.39, 0.29) is 0 Å². The first-order valence-electron chi connectivity index (χ1n) is 10.4. The number of nitrogens with two attached hydrogens (primary N) is 1. The lowest BCUT2D eigenvalue weighted by atomic mass is 10.0. The highest BCUT2D eigenvalue weighted by Gasteiger charge is 2.12. The summed E-state index contributed by atoms with van der Waals surface area (Å²) in [5.74, 6) is 0.658. The molecule has 0 radical (unpaired) electrons. The molecule has 0 saturated carbocycles. The Morgan fingerprint density at radius 3 is 1.64 bits per heavy atom. The van der Waals surface area contributed by atoms with Crippen molar-refractivity contribution in [1.82, 2.24) is 9.97 Å². The molecule has 1 aromatic heterocycles. The van der Waals surface area contributed by atoms with Crippen molar-refractivity contribution in [3.8, 4) is 45.0 Å². The van der Waals surface area contributed by atoms with E-state index < -0.39 is 0 Å². The molecule has 33 heavy (non-hydrogen) atoms. The summed E-state index contributed by atoms with van der Waals surface area (Å²) in [6.07, 6.45) is 0. The van der Waals surface area contributed by atoms with E-state index in [9.17, 15) is 0 Å². The molecule has 3 nitrogen and oxygen atoms in total. The van der Waals surface area contributed by atoms with Crippen molar-refractivity contribution in [3.05, 3.63) is 112 Å². The number of benzene rings is 4. The van der Waals surface area contributed by atoms with Crippen LogP contribution in [-0.2, 0) is 0 Å². The number of hydrogen-bond acceptors (Lipinski definition) is 3. The van der Waals surface area contributed by atoms with E-state index in [2.05, 4.69) is 92.5 Å². The minimum absolute atomic E-state index is 0.658. The van der Waals surface area contributed by atoms with Gasteiger partial charge in [0.1, 0.15) is 0 Å². The Morgan fingerprint density at radius 1 is 0.485 bits per heavy atom. The van der Waals surface area contributed by atoms with E-state index in [1.54, 1.807) is 0 Å². The van der Waals surface area contributed by atoms with E-state index >= 15 is 0 Å². The molecule has 0 aliphatic heterocycles. The molecule has 0 saturated heterocycles. The highest BCUT2D eigenvalue weighted by Crippen LogP contribution is 2.32. The van der Waals surface area contributed by atoms with Crippen LogP contribution in [0.25, 0.3) is 45.0 Å². The Balaban J connectivity index is 1.63. The standard InChI is InChI=1S/C28H19Br2N3/c29-23-14-22(15-24(30)16-23)27-17-26(32-28(33-27)21-10-12-25(31)13-11-21)20-8-6-19(7-9-20)18-4-2-1-3-5-18/h1-17H,31H2. The van der Waals surface area contributed by atoms with Crippen molar-refractivity contribution >= 4 is 37.5 Å². The maximum Gasteiger partial charge on any atom is 0.160 e. The first-order chi connectivity index (χ1) is 16.0. The van der Waals surface area contributed by atoms with Gasteiger partial charge in [-0.15, -0.1) is 0 Å². The van der Waals surface area contributed by atoms with Gasteiger partial charge in [0.15, 0.2) is 5.82 Å². The van der Waals surface area contributed by atoms with Gasteiger partial charge in [0.05, 0.1) is 11.4 Å². The summed E-state index contributed by atoms with van der Waals surface area (Å²) in [6.45, 7) is 0. The fourth-order valence-corrected chi connectivity index (χ4v) is 4.96. The lowest BCUT2D eigenvalue weighted by molar-refractivity contribution is 1.18. The SMILES string of the molecule is Nc1ccc(-c2nc(-c3ccc(-c4ccccc4)cc3)cc(-c3cc(Br)cc(Br)c3)n2)cc1. The molecule has 0 bridgehead atoms. The van der Waals surface area contributed by atoms with Gasteiger partial charge in [-0.3, -0.25) is 0 Å². The second kappa shape index (κ2) is 9.30. The van der Waals surface area contributed by atoms with Gasteiger partial charge in [-0.1, -0.05) is 86.5 Å². The maximum absolute atomic E-state index is 5.89. The Morgan fingerprint density at radius 2 is 1.00 bits per heavy atom. The van der Waals surface area contributed by atoms with Crippen molar-refractivity contribution < 1.29 is 0 Å². The van der Waals surface area contributed by atoms with Gasteiger partial charge in [0, 0.05) is 31.3 Å². The van der Waals surface area contributed by atoms with Crippen molar-refractivity contribution in [3.63, 3.8) is 0 Å². The first-order valence-corrected chi connectivity index (χ1v) is 12.0. The fourth-order valence-electron chi connectivity index (χ4n) is 3.67. The molecule has 0 amide bonds. The Bertz CT molecular complexity index is 1390. The summed E-state index contributed by atoms with van der Waals surface area (Å²) in [4.78, 5) is 9.78. The lowest BCUT2D eigenvalue weighted by Gasteiger charge is -2.11. The van der Waals surface area contributed by atoms with Crippen molar-refractivity contribution in [2.45, 2.75) is 0 Å². The quantitative estimate of drug-likeness (QED) is 0.227. The summed E-state index contributed by atoms with van der Waals surface area (Å²) < 4.78 is 1.96. The molecule has 2 N–H and O–H groups in total. The molecule has 0 aliphatic carbocycles. The van der Waals surface area contributed by atoms with Crippen molar-refractivity contribution in [1.29, 1.82) is 0 Å². The second-order valence-electron chi connectivity index (χ2n) is 7.69. The zero-order valence-electron chi connectivity index (χ0n) is 17.5. The molecule has 0 unspecified atom stereocenters. The predicted octanol–water partition coefficient (Wildman–Crippen LogP) is 8.25. The van der Waals surface area contributed by atoms with Crippen LogP contribution in [0.1, 0.15) is 0 Å². The molecular formula is C28H19Br2N3. The Labute approximate surface area is 209 Å². The van der Waals surface area contributed by atoms with Gasteiger partial charge in [0.2, 0.25) is 0 Å². The summed E-state index contributed by atoms with van der Waals surface area (Å²) in [5.41, 5.74) is 13.6. The van der Waals surface area contributed by atoms with E-state index in [0.29, 0.717) is 11.5 Å². The molecule has 4 aromatic carbocycles. The van der Waals surface area contributed by atoms with E-state index in [1.165, 1.54) is 11.1 Å². The number of halogens is 2. The molecule has 1 heterocycles. The zero-order chi connectivity index (χ0) is 22.8. The van der Waals surface area contributed by atoms with Crippen LogP contribution in [0.3, 0.4) is 0 Å². The molecule has 160 valence electrons. The molecular weight excluding hydrogens is 538 g/mol. The van der Waals surface area contributed by atoms with Crippen LogP contribution in [0.5, 0.6) is 0 Å². The highest BCUT2D eigenvalue weighted by molar-refractivity contribution is 9.11. The van der Waals surface area contributed by atoms with Crippen LogP contribution < -0.4 is 5.73 Å². The number of rotatable bonds is 4. The average molecular weight is 557 g/mol. The van der Waals surface area contributed by atoms with Crippen LogP contribution in [0.15, 0.2) is 112 Å². The highest BCUT2D eigenvalue weighted by atomic mass is 79.9. The number of nitrogens with zero attached hydrogens (tertiary/aromatic N) is 2. The topological polar surface area (TPSA) is 51.8 Å². The number of nitrogen functional groups attached to an aromatic ring is 1. The van der Waals surface area contributed by atoms with Crippen molar-refractivity contribution in [2.24, 2.45) is 0 Å². The Kier molecular flexibility index (Phi) is 6.07. The van der Waals surface area contributed by atoms with Crippen LogP contribution in [0, 0.1) is 0 Å². The molecule has 0 fully saturated rings. The lowest BCUT2D eigenvalue weighted by Crippen LogP contribution is -1.96. The first kappa shape index (κ1) is 21.6. The van der Waals surface area contributed by atoms with Gasteiger partial charge in [-0.25, -0.2) is 9.97 Å². The fraction of sp³-hybridized carbons (Fsp3) is 0. The van der Waals surface area contributed by atoms with E-state index in [0.717, 1.165) is 37.0 Å². The largest absolute Gasteiger partial charge is 0.399 e. The third-order valence-corrected chi connectivity index (χ3v) is 6.26. The normalized spacial score (nSPS) is 10.8. The second-order valence-corrected chi connectivity index (χ2v) is 9.52. The molecule has 5 heteroatoms. The maximum atomic E-state index is 5.89. The van der Waals surface area contributed by atoms with Gasteiger partial charge < -0.3 is 5.73 Å². The van der Waals surface area contributed by atoms with Crippen LogP contribution >= 0.6 is 31.9 Å². The third-order valence-electron chi connectivity index (χ3n) is 5.34. The average Bonchev–Trinajstić information content (AvgIpc) is 2.84. The molecule has 0 spiro atoms. The molecule has 0 aliphatic rings. The number of anilines is 1. The molecule has 0 atom stereocenters. The predicted molar refractivity (Wildman–Crippen MR) is 144 cm³/mol. The zero-order valence-corrected chi connectivity index (χ0v) is 20.7. The summed E-state index contributed by atoms with van der Waals surface area (Å²) >= 11 is 7.18. The summed E-state index contributed by atoms with van der Waals surface area (Å²) in [6, 6.07) is 34.6. The summed E-state index contributed by atoms with van der Waals surface area (Å²) in [7, 11) is 0. The third kappa shape index (κ3) is 4.90. The van der Waals surface area contributed by atoms with Crippen molar-refractivity contribution in [2.75, 3.05) is 5.73 Å². The smallest absolute Gasteiger partial charge is 0.160 e. The van der Waals surface area contributed by atoms with Crippen LogP contribution in [-0.4, -0.2) is 9.97 Å². The van der Waals surface area contributed by atoms with Crippen LogP contribution in [0.2, 0.25) is 0 Å². The minimum atomic E-state index is 0.658. The summed E-state index contributed by atoms with van der Waals surface area (Å²) in [5, 5.41) is 0. The molecule has 5 rings (SSSR count). The van der Waals surface area contributed by atoms with E-state index in [4.69, 9.17) is 15.7 Å². The van der Waals surface area contributed by atoms with Crippen LogP contribution in [0.4, 0.5) is 5.69 Å². The van der Waals surface area contributed by atoms with Gasteiger partial charge in [-0.2, -0.15) is 0 Å². The Hall–Kier alpha value is -3.28. The number of aromatic nitrogens is 2. The monoisotopic (exact) mass is 555 g/mol. The van der Waals surface area contributed by atoms with Gasteiger partial charge >= 0.3 is 0 Å². The molecule has 5 aromatic rings. The number of hydrogen-bond donors (Lipinski definition) is 1. The minimum Gasteiger partial charge on any atom is -0.399 e. The van der Waals surface area contributed by atoms with E-state index in [1.807, 2.05) is 42.5 Å². The van der Waals surface area contributed by atoms with Gasteiger partial charge in [-0.05, 0) is 59.7 Å².